The van der Waals surface area contributed by atoms with Crippen LogP contribution in [0.1, 0.15) is 53.4 Å². The Morgan fingerprint density at radius 2 is 1.85 bits per heavy atom. The lowest BCUT2D eigenvalue weighted by molar-refractivity contribution is -0.205. The highest BCUT2D eigenvalue weighted by Crippen LogP contribution is 2.31. The lowest BCUT2D eigenvalue weighted by atomic mass is 9.90. The second kappa shape index (κ2) is 13.6. The molecule has 0 bridgehead atoms. The molecule has 1 heterocycles. The highest BCUT2D eigenvalue weighted by Gasteiger charge is 2.38. The molecule has 3 amide bonds. The number of ether oxygens (including phenoxy) is 1. The number of hydroxylamine groups is 2. The zero-order chi connectivity index (χ0) is 25.1. The number of amides is 3. The number of hydrogen-bond acceptors (Lipinski definition) is 9. The van der Waals surface area contributed by atoms with Crippen molar-refractivity contribution >= 4 is 52.0 Å². The fourth-order valence-corrected chi connectivity index (χ4v) is 4.31. The van der Waals surface area contributed by atoms with E-state index in [-0.39, 0.29) is 25.4 Å². The molecule has 1 N–H and O–H groups in total. The van der Waals surface area contributed by atoms with Crippen LogP contribution >= 0.6 is 21.6 Å². The van der Waals surface area contributed by atoms with Crippen molar-refractivity contribution in [3.63, 3.8) is 0 Å². The number of allylic oxidation sites excluding steroid dienone is 2. The van der Waals surface area contributed by atoms with Gasteiger partial charge in [-0.25, -0.2) is 4.79 Å². The van der Waals surface area contributed by atoms with E-state index in [9.17, 15) is 19.2 Å². The molecule has 0 atom stereocenters. The van der Waals surface area contributed by atoms with Crippen LogP contribution in [0.2, 0.25) is 0 Å². The molecular weight excluding hydrogens is 466 g/mol. The minimum Gasteiger partial charge on any atom is -0.374 e. The number of imide groups is 1. The maximum Gasteiger partial charge on any atom is 0.338 e. The molecule has 1 rings (SSSR count). The van der Waals surface area contributed by atoms with Crippen LogP contribution in [0, 0.1) is 5.41 Å². The maximum atomic E-state index is 12.4. The first-order valence-corrected chi connectivity index (χ1v) is 12.8. The third kappa shape index (κ3) is 10.6. The van der Waals surface area contributed by atoms with Crippen molar-refractivity contribution in [2.24, 2.45) is 10.4 Å². The Morgan fingerprint density at radius 3 is 2.42 bits per heavy atom. The first-order valence-electron chi connectivity index (χ1n) is 10.5. The quantitative estimate of drug-likeness (QED) is 0.120. The van der Waals surface area contributed by atoms with Crippen molar-refractivity contribution in [1.29, 1.82) is 0 Å². The number of hydrogen-bond donors (Lipinski definition) is 1. The van der Waals surface area contributed by atoms with E-state index in [0.29, 0.717) is 30.2 Å². The van der Waals surface area contributed by atoms with Gasteiger partial charge in [-0.05, 0) is 57.7 Å². The van der Waals surface area contributed by atoms with E-state index in [4.69, 9.17) is 9.57 Å². The number of rotatable bonds is 15. The Bertz CT molecular complexity index is 779. The summed E-state index contributed by atoms with van der Waals surface area (Å²) in [6, 6.07) is 0. The Morgan fingerprint density at radius 1 is 1.21 bits per heavy atom. The topological polar surface area (TPSA) is 114 Å². The molecule has 1 aliphatic heterocycles. The highest BCUT2D eigenvalue weighted by atomic mass is 33.1. The van der Waals surface area contributed by atoms with Gasteiger partial charge in [-0.15, -0.1) is 5.06 Å². The van der Waals surface area contributed by atoms with Crippen molar-refractivity contribution in [1.82, 2.24) is 10.4 Å². The third-order valence-electron chi connectivity index (χ3n) is 4.64. The molecule has 0 aromatic rings. The van der Waals surface area contributed by atoms with Crippen LogP contribution in [0.3, 0.4) is 0 Å². The first kappa shape index (κ1) is 28.9. The summed E-state index contributed by atoms with van der Waals surface area (Å²) in [5.74, 6) is -1.18. The summed E-state index contributed by atoms with van der Waals surface area (Å²) in [4.78, 5) is 56.6. The molecule has 33 heavy (non-hydrogen) atoms. The molecule has 0 saturated carbocycles. The van der Waals surface area contributed by atoms with Crippen LogP contribution in [0.25, 0.3) is 0 Å². The molecule has 0 aliphatic carbocycles. The van der Waals surface area contributed by atoms with E-state index in [0.717, 1.165) is 5.03 Å². The van der Waals surface area contributed by atoms with E-state index >= 15 is 0 Å². The maximum absolute atomic E-state index is 12.4. The van der Waals surface area contributed by atoms with Crippen LogP contribution in [0.5, 0.6) is 0 Å². The predicted octanol–water partition coefficient (Wildman–Crippen LogP) is 3.42. The highest BCUT2D eigenvalue weighted by molar-refractivity contribution is 8.78. The lowest BCUT2D eigenvalue weighted by Gasteiger charge is -2.29. The zero-order valence-electron chi connectivity index (χ0n) is 19.7. The van der Waals surface area contributed by atoms with Crippen LogP contribution < -0.4 is 5.32 Å². The summed E-state index contributed by atoms with van der Waals surface area (Å²) in [7, 11) is 2.94. The number of carbonyl (C=O) groups excluding carboxylic acids is 4. The van der Waals surface area contributed by atoms with Gasteiger partial charge in [0.25, 0.3) is 11.8 Å². The predicted molar refractivity (Wildman–Crippen MR) is 131 cm³/mol. The van der Waals surface area contributed by atoms with E-state index in [1.165, 1.54) is 21.6 Å². The summed E-state index contributed by atoms with van der Waals surface area (Å²) >= 11 is 0. The number of carbonyl (C=O) groups is 4. The molecule has 184 valence electrons. The smallest absolute Gasteiger partial charge is 0.338 e. The monoisotopic (exact) mass is 499 g/mol. The second-order valence-corrected chi connectivity index (χ2v) is 11.0. The summed E-state index contributed by atoms with van der Waals surface area (Å²) in [6.45, 7) is 14.6. The summed E-state index contributed by atoms with van der Waals surface area (Å²) in [5, 5.41) is 4.13. The molecule has 0 spiro atoms. The van der Waals surface area contributed by atoms with Gasteiger partial charge in [0, 0.05) is 38.2 Å². The van der Waals surface area contributed by atoms with Gasteiger partial charge in [-0.1, -0.05) is 23.4 Å². The van der Waals surface area contributed by atoms with E-state index in [1.54, 1.807) is 26.0 Å². The van der Waals surface area contributed by atoms with Gasteiger partial charge in [0.15, 0.2) is 0 Å². The van der Waals surface area contributed by atoms with Crippen molar-refractivity contribution in [2.75, 3.05) is 18.9 Å². The largest absolute Gasteiger partial charge is 0.374 e. The van der Waals surface area contributed by atoms with E-state index in [1.807, 2.05) is 13.8 Å². The fraction of sp³-hybridized carbons (Fsp3) is 0.591. The Balaban J connectivity index is 2.33. The minimum atomic E-state index is -0.962. The standard InChI is InChI=1S/C22H33N3O6S2/c1-7-8-17(23-6)33-32-14-11-16(26)24-15-22(4,5)30-13-12-21(2,3)20(29)31-25-18(27)9-10-19(25)28/h7-8H,1,6,9-15H2,2-5H3,(H,24,26)/b17-8+. The van der Waals surface area contributed by atoms with E-state index in [2.05, 4.69) is 23.6 Å². The number of aliphatic imine (C=N–C) groups is 1. The molecule has 11 heteroatoms. The van der Waals surface area contributed by atoms with Crippen molar-refractivity contribution in [3.8, 4) is 0 Å². The molecule has 1 fully saturated rings. The average Bonchev–Trinajstić information content (AvgIpc) is 3.06. The molecule has 0 aromatic heterocycles. The van der Waals surface area contributed by atoms with Gasteiger partial charge in [-0.2, -0.15) is 0 Å². The van der Waals surface area contributed by atoms with Gasteiger partial charge < -0.3 is 14.9 Å². The third-order valence-corrected chi connectivity index (χ3v) is 6.93. The Labute approximate surface area is 203 Å². The molecule has 0 radical (unpaired) electrons. The molecule has 1 aliphatic rings. The van der Waals surface area contributed by atoms with Gasteiger partial charge in [0.2, 0.25) is 5.91 Å². The number of nitrogens with zero attached hydrogens (tertiary/aromatic N) is 2. The Hall–Kier alpha value is -2.11. The van der Waals surface area contributed by atoms with Gasteiger partial charge in [0.05, 0.1) is 11.0 Å². The van der Waals surface area contributed by atoms with Crippen molar-refractivity contribution in [3.05, 3.63) is 23.8 Å². The SMILES string of the molecule is C=C/C=C(\N=C)SSCCC(=O)NCC(C)(C)OCCC(C)(C)C(=O)ON1C(=O)CCC1=O. The first-order chi connectivity index (χ1) is 15.4. The van der Waals surface area contributed by atoms with Gasteiger partial charge in [-0.3, -0.25) is 19.4 Å². The van der Waals surface area contributed by atoms with Gasteiger partial charge >= 0.3 is 5.97 Å². The van der Waals surface area contributed by atoms with Crippen LogP contribution in [0.15, 0.2) is 28.8 Å². The van der Waals surface area contributed by atoms with Gasteiger partial charge in [0.1, 0.15) is 5.03 Å². The number of nitrogens with one attached hydrogen (secondary N) is 1. The molecule has 1 saturated heterocycles. The minimum absolute atomic E-state index is 0.0481. The zero-order valence-corrected chi connectivity index (χ0v) is 21.3. The van der Waals surface area contributed by atoms with Crippen LogP contribution in [-0.4, -0.2) is 60.0 Å². The summed E-state index contributed by atoms with van der Waals surface area (Å²) in [5.41, 5.74) is -1.61. The average molecular weight is 500 g/mol. The van der Waals surface area contributed by atoms with E-state index < -0.39 is 28.8 Å². The summed E-state index contributed by atoms with van der Waals surface area (Å²) < 4.78 is 5.86. The van der Waals surface area contributed by atoms with Crippen LogP contribution in [-0.2, 0) is 28.8 Å². The van der Waals surface area contributed by atoms with Crippen molar-refractivity contribution in [2.45, 2.75) is 59.0 Å². The lowest BCUT2D eigenvalue weighted by Crippen LogP contribution is -2.42. The molecule has 0 aromatic carbocycles. The normalized spacial score (nSPS) is 14.9. The van der Waals surface area contributed by atoms with Crippen molar-refractivity contribution < 1.29 is 28.8 Å². The molecule has 0 unspecified atom stereocenters. The fourth-order valence-electron chi connectivity index (χ4n) is 2.44. The Kier molecular flexibility index (Phi) is 11.9. The molecule has 9 nitrogen and oxygen atoms in total. The second-order valence-electron chi connectivity index (χ2n) is 8.53. The van der Waals surface area contributed by atoms with Crippen LogP contribution in [0.4, 0.5) is 0 Å². The summed E-state index contributed by atoms with van der Waals surface area (Å²) in [6.07, 6.45) is 4.13. The molecular formula is C22H33N3O6S2.